The Bertz CT molecular complexity index is 1340. The molecule has 0 aliphatic carbocycles. The molecule has 0 unspecified atom stereocenters. The van der Waals surface area contributed by atoms with E-state index in [1.165, 1.54) is 42.5 Å². The summed E-state index contributed by atoms with van der Waals surface area (Å²) in [5, 5.41) is 12.7. The summed E-state index contributed by atoms with van der Waals surface area (Å²) in [6.45, 7) is 1.59. The molecule has 0 spiro atoms. The van der Waals surface area contributed by atoms with Gasteiger partial charge in [0.2, 0.25) is 9.84 Å². The lowest BCUT2D eigenvalue weighted by Crippen LogP contribution is -2.24. The maximum Gasteiger partial charge on any atom is 0.397 e. The van der Waals surface area contributed by atoms with E-state index in [4.69, 9.17) is 39.5 Å². The van der Waals surface area contributed by atoms with Crippen molar-refractivity contribution in [3.63, 3.8) is 0 Å². The molecule has 1 amide bonds. The van der Waals surface area contributed by atoms with Gasteiger partial charge in [-0.1, -0.05) is 34.8 Å². The Hall–Kier alpha value is -2.98. The van der Waals surface area contributed by atoms with Gasteiger partial charge in [-0.2, -0.15) is 0 Å². The van der Waals surface area contributed by atoms with E-state index in [-0.39, 0.29) is 38.7 Å². The number of carbonyl (C=O) groups is 2. The van der Waals surface area contributed by atoms with Gasteiger partial charge in [-0.15, -0.1) is 0 Å². The first-order valence-electron chi connectivity index (χ1n) is 9.51. The number of phenolic OH excluding ortho intramolecular Hbond substituents is 1. The average molecular weight is 545 g/mol. The third-order valence-corrected chi connectivity index (χ3v) is 6.89. The van der Waals surface area contributed by atoms with E-state index in [0.29, 0.717) is 5.02 Å². The van der Waals surface area contributed by atoms with Crippen LogP contribution in [0.2, 0.25) is 15.1 Å². The first kappa shape index (κ1) is 25.6. The zero-order chi connectivity index (χ0) is 25.0. The van der Waals surface area contributed by atoms with Crippen LogP contribution in [-0.4, -0.2) is 32.0 Å². The Kier molecular flexibility index (Phi) is 7.93. The molecular formula is C22H16Cl3NO7S. The highest BCUT2D eigenvalue weighted by Crippen LogP contribution is 2.40. The van der Waals surface area contributed by atoms with Crippen molar-refractivity contribution in [3.05, 3.63) is 69.7 Å². The maximum atomic E-state index is 13.0. The number of sulfone groups is 1. The van der Waals surface area contributed by atoms with Gasteiger partial charge >= 0.3 is 11.9 Å². The Morgan fingerprint density at radius 1 is 0.971 bits per heavy atom. The fourth-order valence-electron chi connectivity index (χ4n) is 2.74. The monoisotopic (exact) mass is 543 g/mol. The van der Waals surface area contributed by atoms with Gasteiger partial charge in [0.15, 0.2) is 5.75 Å². The van der Waals surface area contributed by atoms with Crippen LogP contribution in [0.15, 0.2) is 64.4 Å². The molecule has 0 aliphatic rings. The van der Waals surface area contributed by atoms with E-state index >= 15 is 0 Å². The summed E-state index contributed by atoms with van der Waals surface area (Å²) in [6.07, 6.45) is 0. The summed E-state index contributed by atoms with van der Waals surface area (Å²) in [5.41, 5.74) is 0.108. The second-order valence-electron chi connectivity index (χ2n) is 6.63. The molecule has 0 saturated heterocycles. The van der Waals surface area contributed by atoms with Gasteiger partial charge in [0.05, 0.1) is 21.5 Å². The number of carbonyl (C=O) groups excluding carboxylic acids is 2. The molecule has 34 heavy (non-hydrogen) atoms. The van der Waals surface area contributed by atoms with Crippen LogP contribution < -0.4 is 10.1 Å². The summed E-state index contributed by atoms with van der Waals surface area (Å²) in [7, 11) is -4.10. The summed E-state index contributed by atoms with van der Waals surface area (Å²) in [5.74, 6) is -2.61. The van der Waals surface area contributed by atoms with Crippen LogP contribution in [-0.2, 0) is 24.2 Å². The quantitative estimate of drug-likeness (QED) is 0.311. The number of ether oxygens (including phenoxy) is 2. The van der Waals surface area contributed by atoms with Gasteiger partial charge in [-0.05, 0) is 55.5 Å². The van der Waals surface area contributed by atoms with E-state index in [1.807, 2.05) is 0 Å². The second-order valence-corrected chi connectivity index (χ2v) is 9.80. The smallest absolute Gasteiger partial charge is 0.397 e. The number of rotatable bonds is 6. The molecule has 0 atom stereocenters. The molecule has 3 rings (SSSR count). The minimum Gasteiger partial charge on any atom is -0.507 e. The number of benzene rings is 3. The van der Waals surface area contributed by atoms with E-state index in [0.717, 1.165) is 12.1 Å². The van der Waals surface area contributed by atoms with Crippen molar-refractivity contribution in [1.29, 1.82) is 0 Å². The number of hydrogen-bond donors (Lipinski definition) is 2. The first-order chi connectivity index (χ1) is 16.0. The van der Waals surface area contributed by atoms with Gasteiger partial charge in [0.1, 0.15) is 16.4 Å². The fourth-order valence-corrected chi connectivity index (χ4v) is 4.79. The summed E-state index contributed by atoms with van der Waals surface area (Å²) >= 11 is 18.3. The van der Waals surface area contributed by atoms with E-state index < -0.39 is 32.4 Å². The molecule has 12 heteroatoms. The summed E-state index contributed by atoms with van der Waals surface area (Å²) < 4.78 is 36.2. The van der Waals surface area contributed by atoms with Crippen molar-refractivity contribution < 1.29 is 32.6 Å². The molecule has 0 heterocycles. The summed E-state index contributed by atoms with van der Waals surface area (Å²) in [4.78, 5) is 22.8. The number of halogens is 3. The SMILES string of the molecule is CCOC(=O)C(=O)Nc1cc(Cl)c(Oc2ccc(O)c(S(=O)(=O)c3ccc(Cl)cc3)c2)c(Cl)c1. The number of esters is 1. The molecule has 0 fully saturated rings. The van der Waals surface area contributed by atoms with Gasteiger partial charge < -0.3 is 19.9 Å². The standard InChI is InChI=1S/C22H16Cl3NO7S/c1-2-32-22(29)21(28)26-13-9-16(24)20(17(25)10-13)33-14-5-8-18(27)19(11-14)34(30,31)15-6-3-12(23)4-7-15/h3-11,27H,2H2,1H3,(H,26,28). The van der Waals surface area contributed by atoms with Crippen LogP contribution in [0.1, 0.15) is 6.92 Å². The zero-order valence-electron chi connectivity index (χ0n) is 17.3. The largest absolute Gasteiger partial charge is 0.507 e. The topological polar surface area (TPSA) is 119 Å². The molecule has 0 radical (unpaired) electrons. The third kappa shape index (κ3) is 5.74. The Labute approximate surface area is 209 Å². The normalized spacial score (nSPS) is 11.1. The molecule has 2 N–H and O–H groups in total. The van der Waals surface area contributed by atoms with Crippen LogP contribution in [0.5, 0.6) is 17.2 Å². The molecule has 3 aromatic rings. The Morgan fingerprint density at radius 3 is 2.18 bits per heavy atom. The van der Waals surface area contributed by atoms with Crippen LogP contribution >= 0.6 is 34.8 Å². The Morgan fingerprint density at radius 2 is 1.59 bits per heavy atom. The van der Waals surface area contributed by atoms with E-state index in [2.05, 4.69) is 10.1 Å². The second kappa shape index (κ2) is 10.5. The minimum absolute atomic E-state index is 0.0115. The lowest BCUT2D eigenvalue weighted by atomic mass is 10.2. The third-order valence-electron chi connectivity index (χ3n) is 4.28. The molecule has 0 aromatic heterocycles. The lowest BCUT2D eigenvalue weighted by Gasteiger charge is -2.14. The highest BCUT2D eigenvalue weighted by atomic mass is 35.5. The number of amides is 1. The fraction of sp³-hybridized carbons (Fsp3) is 0.0909. The Balaban J connectivity index is 1.89. The van der Waals surface area contributed by atoms with E-state index in [1.54, 1.807) is 6.92 Å². The highest BCUT2D eigenvalue weighted by Gasteiger charge is 2.23. The van der Waals surface area contributed by atoms with Crippen molar-refractivity contribution in [2.45, 2.75) is 16.7 Å². The van der Waals surface area contributed by atoms with Crippen LogP contribution in [0, 0.1) is 0 Å². The van der Waals surface area contributed by atoms with Crippen molar-refractivity contribution in [3.8, 4) is 17.2 Å². The van der Waals surface area contributed by atoms with Gasteiger partial charge in [0, 0.05) is 16.8 Å². The van der Waals surface area contributed by atoms with Crippen LogP contribution in [0.4, 0.5) is 5.69 Å². The molecule has 0 aliphatic heterocycles. The highest BCUT2D eigenvalue weighted by molar-refractivity contribution is 7.91. The predicted molar refractivity (Wildman–Crippen MR) is 127 cm³/mol. The van der Waals surface area contributed by atoms with Crippen molar-refractivity contribution in [1.82, 2.24) is 0 Å². The number of phenols is 1. The molecule has 8 nitrogen and oxygen atoms in total. The molecule has 0 bridgehead atoms. The number of anilines is 1. The van der Waals surface area contributed by atoms with Gasteiger partial charge in [-0.3, -0.25) is 4.79 Å². The number of hydrogen-bond acceptors (Lipinski definition) is 7. The van der Waals surface area contributed by atoms with Crippen molar-refractivity contribution >= 4 is 62.2 Å². The summed E-state index contributed by atoms with van der Waals surface area (Å²) in [6, 6.07) is 11.6. The van der Waals surface area contributed by atoms with Gasteiger partial charge in [-0.25, -0.2) is 13.2 Å². The zero-order valence-corrected chi connectivity index (χ0v) is 20.4. The molecule has 178 valence electrons. The van der Waals surface area contributed by atoms with Crippen molar-refractivity contribution in [2.24, 2.45) is 0 Å². The maximum absolute atomic E-state index is 13.0. The molecule has 0 saturated carbocycles. The number of nitrogens with one attached hydrogen (secondary N) is 1. The van der Waals surface area contributed by atoms with Crippen molar-refractivity contribution in [2.75, 3.05) is 11.9 Å². The van der Waals surface area contributed by atoms with E-state index in [9.17, 15) is 23.1 Å². The first-order valence-corrected chi connectivity index (χ1v) is 12.1. The lowest BCUT2D eigenvalue weighted by molar-refractivity contribution is -0.152. The average Bonchev–Trinajstić information content (AvgIpc) is 2.77. The number of aromatic hydroxyl groups is 1. The van der Waals surface area contributed by atoms with Gasteiger partial charge in [0.25, 0.3) is 0 Å². The molecule has 3 aromatic carbocycles. The van der Waals surface area contributed by atoms with Crippen LogP contribution in [0.3, 0.4) is 0 Å². The van der Waals surface area contributed by atoms with Crippen LogP contribution in [0.25, 0.3) is 0 Å². The molecular weight excluding hydrogens is 529 g/mol. The minimum atomic E-state index is -4.10. The predicted octanol–water partition coefficient (Wildman–Crippen LogP) is 5.48.